The van der Waals surface area contributed by atoms with Gasteiger partial charge in [-0.05, 0) is 12.8 Å². The standard InChI is InChI=1S/C10H14O5/c1-14-9(12)6-4-3-5-7(11)8(6)10(13)15-2/h4,7-8,11H,3,5H2,1-2H3/t7-,8+/m1/s1. The molecular formula is C10H14O5. The molecule has 0 saturated heterocycles. The Kier molecular flexibility index (Phi) is 3.85. The van der Waals surface area contributed by atoms with Gasteiger partial charge in [-0.1, -0.05) is 6.08 Å². The van der Waals surface area contributed by atoms with Gasteiger partial charge in [-0.3, -0.25) is 4.79 Å². The first-order valence-corrected chi connectivity index (χ1v) is 4.66. The number of rotatable bonds is 2. The number of aliphatic hydroxyl groups is 1. The van der Waals surface area contributed by atoms with E-state index in [-0.39, 0.29) is 5.57 Å². The van der Waals surface area contributed by atoms with E-state index >= 15 is 0 Å². The van der Waals surface area contributed by atoms with Crippen LogP contribution in [-0.2, 0) is 19.1 Å². The maximum absolute atomic E-state index is 11.4. The van der Waals surface area contributed by atoms with E-state index in [0.29, 0.717) is 12.8 Å². The molecule has 0 aromatic rings. The third-order valence-electron chi connectivity index (χ3n) is 2.42. The highest BCUT2D eigenvalue weighted by Crippen LogP contribution is 2.27. The van der Waals surface area contributed by atoms with Crippen LogP contribution >= 0.6 is 0 Å². The summed E-state index contributed by atoms with van der Waals surface area (Å²) >= 11 is 0. The summed E-state index contributed by atoms with van der Waals surface area (Å²) < 4.78 is 9.07. The van der Waals surface area contributed by atoms with E-state index < -0.39 is 24.0 Å². The molecule has 0 radical (unpaired) electrons. The van der Waals surface area contributed by atoms with Gasteiger partial charge in [0.1, 0.15) is 5.92 Å². The predicted octanol–water partition coefficient (Wildman–Crippen LogP) is 0.0297. The zero-order valence-corrected chi connectivity index (χ0v) is 8.73. The van der Waals surface area contributed by atoms with Gasteiger partial charge in [-0.15, -0.1) is 0 Å². The lowest BCUT2D eigenvalue weighted by Crippen LogP contribution is -2.36. The Morgan fingerprint density at radius 1 is 1.40 bits per heavy atom. The maximum atomic E-state index is 11.4. The summed E-state index contributed by atoms with van der Waals surface area (Å²) in [6, 6.07) is 0. The van der Waals surface area contributed by atoms with E-state index in [1.165, 1.54) is 14.2 Å². The molecule has 0 saturated carbocycles. The molecule has 0 spiro atoms. The summed E-state index contributed by atoms with van der Waals surface area (Å²) in [5, 5.41) is 9.64. The summed E-state index contributed by atoms with van der Waals surface area (Å²) in [4.78, 5) is 22.7. The first-order valence-electron chi connectivity index (χ1n) is 4.66. The van der Waals surface area contributed by atoms with Gasteiger partial charge >= 0.3 is 11.9 Å². The summed E-state index contributed by atoms with van der Waals surface area (Å²) in [6.45, 7) is 0. The van der Waals surface area contributed by atoms with Gasteiger partial charge in [0.15, 0.2) is 0 Å². The molecule has 1 N–H and O–H groups in total. The molecule has 5 nitrogen and oxygen atoms in total. The lowest BCUT2D eigenvalue weighted by atomic mass is 9.85. The van der Waals surface area contributed by atoms with Crippen LogP contribution in [0, 0.1) is 5.92 Å². The second kappa shape index (κ2) is 4.93. The first kappa shape index (κ1) is 11.7. The first-order chi connectivity index (χ1) is 7.11. The number of esters is 2. The van der Waals surface area contributed by atoms with Gasteiger partial charge in [0.2, 0.25) is 0 Å². The van der Waals surface area contributed by atoms with Gasteiger partial charge in [-0.2, -0.15) is 0 Å². The molecule has 1 rings (SSSR count). The number of ether oxygens (including phenoxy) is 2. The molecule has 0 aromatic carbocycles. The molecule has 0 aliphatic heterocycles. The van der Waals surface area contributed by atoms with Crippen molar-refractivity contribution in [2.45, 2.75) is 18.9 Å². The second-order valence-electron chi connectivity index (χ2n) is 3.30. The fourth-order valence-corrected chi connectivity index (χ4v) is 1.65. The Labute approximate surface area is 87.7 Å². The van der Waals surface area contributed by atoms with Crippen molar-refractivity contribution in [1.29, 1.82) is 0 Å². The van der Waals surface area contributed by atoms with Crippen LogP contribution in [0.2, 0.25) is 0 Å². The highest BCUT2D eigenvalue weighted by molar-refractivity contribution is 5.96. The molecule has 0 bridgehead atoms. The lowest BCUT2D eigenvalue weighted by Gasteiger charge is -2.25. The van der Waals surface area contributed by atoms with Crippen LogP contribution in [0.3, 0.4) is 0 Å². The molecule has 84 valence electrons. The zero-order chi connectivity index (χ0) is 11.4. The van der Waals surface area contributed by atoms with Crippen LogP contribution in [0.5, 0.6) is 0 Å². The fraction of sp³-hybridized carbons (Fsp3) is 0.600. The van der Waals surface area contributed by atoms with Crippen molar-refractivity contribution >= 4 is 11.9 Å². The van der Waals surface area contributed by atoms with Gasteiger partial charge in [0.05, 0.1) is 25.9 Å². The largest absolute Gasteiger partial charge is 0.468 e. The molecule has 5 heteroatoms. The van der Waals surface area contributed by atoms with Crippen LogP contribution in [0.15, 0.2) is 11.6 Å². The minimum Gasteiger partial charge on any atom is -0.468 e. The van der Waals surface area contributed by atoms with Crippen molar-refractivity contribution < 1.29 is 24.2 Å². The average molecular weight is 214 g/mol. The van der Waals surface area contributed by atoms with Gasteiger partial charge in [0, 0.05) is 0 Å². The number of aliphatic hydroxyl groups excluding tert-OH is 1. The Balaban J connectivity index is 2.95. The Morgan fingerprint density at radius 3 is 2.60 bits per heavy atom. The zero-order valence-electron chi connectivity index (χ0n) is 8.73. The Morgan fingerprint density at radius 2 is 2.07 bits per heavy atom. The van der Waals surface area contributed by atoms with E-state index in [1.54, 1.807) is 6.08 Å². The van der Waals surface area contributed by atoms with Crippen molar-refractivity contribution in [3.63, 3.8) is 0 Å². The Bertz CT molecular complexity index is 294. The number of hydrogen-bond acceptors (Lipinski definition) is 5. The number of carbonyl (C=O) groups is 2. The number of carbonyl (C=O) groups excluding carboxylic acids is 2. The normalized spacial score (nSPS) is 25.4. The number of hydrogen-bond donors (Lipinski definition) is 1. The van der Waals surface area contributed by atoms with Crippen LogP contribution in [0.4, 0.5) is 0 Å². The minimum atomic E-state index is -0.920. The number of allylic oxidation sites excluding steroid dienone is 1. The molecule has 0 aromatic heterocycles. The summed E-state index contributed by atoms with van der Waals surface area (Å²) in [5.74, 6) is -2.13. The van der Waals surface area contributed by atoms with Crippen molar-refractivity contribution in [2.75, 3.05) is 14.2 Å². The fourth-order valence-electron chi connectivity index (χ4n) is 1.65. The van der Waals surface area contributed by atoms with Gasteiger partial charge in [-0.25, -0.2) is 4.79 Å². The van der Waals surface area contributed by atoms with Crippen LogP contribution < -0.4 is 0 Å². The van der Waals surface area contributed by atoms with Gasteiger partial charge in [0.25, 0.3) is 0 Å². The number of methoxy groups -OCH3 is 2. The Hall–Kier alpha value is -1.36. The van der Waals surface area contributed by atoms with Crippen molar-refractivity contribution in [3.05, 3.63) is 11.6 Å². The third kappa shape index (κ3) is 2.36. The molecule has 0 unspecified atom stereocenters. The maximum Gasteiger partial charge on any atom is 0.334 e. The van der Waals surface area contributed by atoms with Gasteiger partial charge < -0.3 is 14.6 Å². The molecule has 0 fully saturated rings. The highest BCUT2D eigenvalue weighted by Gasteiger charge is 2.37. The predicted molar refractivity (Wildman–Crippen MR) is 50.8 cm³/mol. The summed E-state index contributed by atoms with van der Waals surface area (Å²) in [6.07, 6.45) is 1.73. The van der Waals surface area contributed by atoms with Crippen LogP contribution in [0.25, 0.3) is 0 Å². The molecular weight excluding hydrogens is 200 g/mol. The molecule has 0 amide bonds. The smallest absolute Gasteiger partial charge is 0.334 e. The summed E-state index contributed by atoms with van der Waals surface area (Å²) in [5.41, 5.74) is 0.183. The van der Waals surface area contributed by atoms with Crippen LogP contribution in [0.1, 0.15) is 12.8 Å². The van der Waals surface area contributed by atoms with Crippen molar-refractivity contribution in [3.8, 4) is 0 Å². The van der Waals surface area contributed by atoms with Crippen molar-refractivity contribution in [1.82, 2.24) is 0 Å². The van der Waals surface area contributed by atoms with E-state index in [4.69, 9.17) is 0 Å². The molecule has 15 heavy (non-hydrogen) atoms. The van der Waals surface area contributed by atoms with Crippen molar-refractivity contribution in [2.24, 2.45) is 5.92 Å². The topological polar surface area (TPSA) is 72.8 Å². The highest BCUT2D eigenvalue weighted by atomic mass is 16.5. The molecule has 1 aliphatic rings. The SMILES string of the molecule is COC(=O)C1=CCC[C@@H](O)[C@H]1C(=O)OC. The molecule has 2 atom stereocenters. The minimum absolute atomic E-state index is 0.183. The third-order valence-corrected chi connectivity index (χ3v) is 2.42. The van der Waals surface area contributed by atoms with E-state index in [9.17, 15) is 14.7 Å². The van der Waals surface area contributed by atoms with E-state index in [0.717, 1.165) is 0 Å². The lowest BCUT2D eigenvalue weighted by molar-refractivity contribution is -0.151. The molecule has 1 aliphatic carbocycles. The second-order valence-corrected chi connectivity index (χ2v) is 3.30. The van der Waals surface area contributed by atoms with E-state index in [1.807, 2.05) is 0 Å². The van der Waals surface area contributed by atoms with E-state index in [2.05, 4.69) is 9.47 Å². The quantitative estimate of drug-likeness (QED) is 0.656. The molecule has 0 heterocycles. The van der Waals surface area contributed by atoms with Crippen LogP contribution in [-0.4, -0.2) is 37.4 Å². The monoisotopic (exact) mass is 214 g/mol. The summed E-state index contributed by atoms with van der Waals surface area (Å²) in [7, 11) is 2.46. The average Bonchev–Trinajstić information content (AvgIpc) is 2.26.